The first-order valence-electron chi connectivity index (χ1n) is 11.7. The van der Waals surface area contributed by atoms with Gasteiger partial charge in [-0.15, -0.1) is 0 Å². The topological polar surface area (TPSA) is 26.0 Å². The number of hydrogen-bond donors (Lipinski definition) is 1. The molecule has 0 aliphatic carbocycles. The molecular weight excluding hydrogens is 380 g/mol. The lowest BCUT2D eigenvalue weighted by Crippen LogP contribution is -3.17. The molecule has 3 nitrogen and oxygen atoms in total. The molecule has 0 radical (unpaired) electrons. The summed E-state index contributed by atoms with van der Waals surface area (Å²) in [6, 6.07) is 30.0. The summed E-state index contributed by atoms with van der Waals surface area (Å²) in [6.45, 7) is 4.67. The highest BCUT2D eigenvalue weighted by Gasteiger charge is 2.46. The van der Waals surface area contributed by atoms with Crippen molar-refractivity contribution in [1.29, 1.82) is 0 Å². The normalized spacial score (nSPS) is 19.1. The number of quaternary nitrogens is 1. The summed E-state index contributed by atoms with van der Waals surface area (Å²) < 4.78 is 7.11. The third-order valence-corrected chi connectivity index (χ3v) is 6.83. The van der Waals surface area contributed by atoms with Gasteiger partial charge in [-0.2, -0.15) is 0 Å². The van der Waals surface area contributed by atoms with E-state index in [1.54, 1.807) is 4.90 Å². The minimum atomic E-state index is -0.696. The molecule has 0 bridgehead atoms. The first kappa shape index (κ1) is 20.0. The summed E-state index contributed by atoms with van der Waals surface area (Å²) in [5.41, 5.74) is 3.72. The van der Waals surface area contributed by atoms with E-state index in [2.05, 4.69) is 91.9 Å². The van der Waals surface area contributed by atoms with E-state index in [0.717, 1.165) is 34.7 Å². The maximum Gasteiger partial charge on any atom is 0.250 e. The number of benzene rings is 3. The van der Waals surface area contributed by atoms with Crippen LogP contribution in [0.3, 0.4) is 0 Å². The predicted octanol–water partition coefficient (Wildman–Crippen LogP) is 4.89. The molecule has 2 aliphatic heterocycles. The average Bonchev–Trinajstić information content (AvgIpc) is 2.86. The average molecular weight is 412 g/mol. The van der Waals surface area contributed by atoms with Gasteiger partial charge in [-0.25, -0.2) is 4.99 Å². The van der Waals surface area contributed by atoms with Crippen LogP contribution in [0.25, 0.3) is 0 Å². The summed E-state index contributed by atoms with van der Waals surface area (Å²) in [5, 5.41) is 0. The minimum Gasteiger partial charge on any atom is -0.455 e. The minimum absolute atomic E-state index is 0.278. The highest BCUT2D eigenvalue weighted by molar-refractivity contribution is 5.87. The van der Waals surface area contributed by atoms with Crippen LogP contribution in [0.15, 0.2) is 89.9 Å². The number of hydrogen-bond acceptors (Lipinski definition) is 2. The first-order valence-corrected chi connectivity index (χ1v) is 11.7. The molecule has 5 rings (SSSR count). The number of rotatable bonds is 5. The van der Waals surface area contributed by atoms with Crippen molar-refractivity contribution in [3.05, 3.63) is 102 Å². The largest absolute Gasteiger partial charge is 0.455 e. The molecule has 2 heterocycles. The van der Waals surface area contributed by atoms with Crippen LogP contribution in [0.5, 0.6) is 0 Å². The molecule has 1 N–H and O–H groups in total. The van der Waals surface area contributed by atoms with Crippen LogP contribution in [0.1, 0.15) is 49.3 Å². The van der Waals surface area contributed by atoms with Crippen molar-refractivity contribution in [2.45, 2.75) is 44.2 Å². The van der Waals surface area contributed by atoms with Crippen LogP contribution in [0, 0.1) is 0 Å². The van der Waals surface area contributed by atoms with Gasteiger partial charge in [0.05, 0.1) is 18.8 Å². The maximum atomic E-state index is 7.11. The second-order valence-electron chi connectivity index (χ2n) is 8.66. The van der Waals surface area contributed by atoms with Crippen molar-refractivity contribution in [3.63, 3.8) is 0 Å². The van der Waals surface area contributed by atoms with Crippen molar-refractivity contribution in [2.24, 2.45) is 4.99 Å². The van der Waals surface area contributed by atoms with Gasteiger partial charge in [0.1, 0.15) is 0 Å². The lowest BCUT2D eigenvalue weighted by Gasteiger charge is -2.42. The van der Waals surface area contributed by atoms with E-state index >= 15 is 0 Å². The van der Waals surface area contributed by atoms with Crippen LogP contribution >= 0.6 is 0 Å². The molecule has 1 fully saturated rings. The number of likely N-dealkylation sites (tertiary alicyclic amines) is 1. The molecule has 0 saturated carbocycles. The molecule has 0 amide bonds. The molecule has 2 aliphatic rings. The van der Waals surface area contributed by atoms with Gasteiger partial charge in [-0.05, 0) is 25.3 Å². The fourth-order valence-electron chi connectivity index (χ4n) is 5.30. The van der Waals surface area contributed by atoms with Gasteiger partial charge >= 0.3 is 0 Å². The Kier molecular flexibility index (Phi) is 5.61. The van der Waals surface area contributed by atoms with Gasteiger partial charge in [0, 0.05) is 23.1 Å². The fourth-order valence-corrected chi connectivity index (χ4v) is 5.30. The van der Waals surface area contributed by atoms with Crippen molar-refractivity contribution >= 4 is 11.6 Å². The van der Waals surface area contributed by atoms with E-state index < -0.39 is 5.60 Å². The molecule has 0 unspecified atom stereocenters. The Morgan fingerprint density at radius 3 is 2.00 bits per heavy atom. The number of piperidine rings is 1. The second kappa shape index (κ2) is 8.68. The van der Waals surface area contributed by atoms with E-state index in [1.807, 2.05) is 0 Å². The number of fused-ring (bicyclic) bond motifs is 1. The van der Waals surface area contributed by atoms with Crippen LogP contribution in [0.2, 0.25) is 0 Å². The Labute approximate surface area is 185 Å². The van der Waals surface area contributed by atoms with Gasteiger partial charge in [0.15, 0.2) is 11.6 Å². The zero-order valence-electron chi connectivity index (χ0n) is 18.3. The number of nitrogens with zero attached hydrogens (tertiary/aromatic N) is 1. The molecular formula is C28H31N2O+. The smallest absolute Gasteiger partial charge is 0.250 e. The molecule has 3 heteroatoms. The summed E-state index contributed by atoms with van der Waals surface area (Å²) in [6.07, 6.45) is 4.94. The second-order valence-corrected chi connectivity index (χ2v) is 8.66. The molecule has 1 saturated heterocycles. The van der Waals surface area contributed by atoms with E-state index in [9.17, 15) is 0 Å². The third-order valence-electron chi connectivity index (χ3n) is 6.83. The Balaban J connectivity index is 1.71. The van der Waals surface area contributed by atoms with Crippen molar-refractivity contribution in [3.8, 4) is 0 Å². The first-order chi connectivity index (χ1) is 15.3. The fraction of sp³-hybridized carbons (Fsp3) is 0.321. The van der Waals surface area contributed by atoms with Gasteiger partial charge in [0.2, 0.25) is 0 Å². The molecule has 3 aromatic carbocycles. The van der Waals surface area contributed by atoms with Crippen molar-refractivity contribution in [1.82, 2.24) is 0 Å². The number of aliphatic imine (C=N–C) groups is 1. The van der Waals surface area contributed by atoms with Crippen molar-refractivity contribution < 1.29 is 9.64 Å². The van der Waals surface area contributed by atoms with Crippen LogP contribution in [-0.4, -0.2) is 25.0 Å². The Morgan fingerprint density at radius 2 is 1.39 bits per heavy atom. The zero-order chi connectivity index (χ0) is 21.1. The Morgan fingerprint density at radius 1 is 0.806 bits per heavy atom. The number of nitrogens with one attached hydrogen (secondary N) is 1. The van der Waals surface area contributed by atoms with Gasteiger partial charge in [-0.3, -0.25) is 0 Å². The lowest BCUT2D eigenvalue weighted by molar-refractivity contribution is -0.920. The highest BCUT2D eigenvalue weighted by Crippen LogP contribution is 2.47. The molecule has 158 valence electrons. The standard InChI is InChI=1S/C28H30N2O/c1-2-26(30-20-12-5-13-21-30)27-29-25-19-11-10-18-24(25)28(31-27,22-14-6-3-7-15-22)23-16-8-4-9-17-23/h3-4,6-11,14-19,26H,2,5,12-13,20-21H2,1H3/p+1/t26-/m1/s1. The molecule has 1 atom stereocenters. The highest BCUT2D eigenvalue weighted by atomic mass is 16.5. The SMILES string of the molecule is CC[C@H](C1=Nc2ccccc2C(c2ccccc2)(c2ccccc2)O1)[NH+]1CCCCC1. The molecule has 0 aromatic heterocycles. The van der Waals surface area contributed by atoms with Crippen LogP contribution < -0.4 is 4.90 Å². The quantitative estimate of drug-likeness (QED) is 0.636. The Hall–Kier alpha value is -2.91. The summed E-state index contributed by atoms with van der Waals surface area (Å²) in [5.74, 6) is 0.880. The van der Waals surface area contributed by atoms with Crippen LogP contribution in [0.4, 0.5) is 5.69 Å². The van der Waals surface area contributed by atoms with Crippen molar-refractivity contribution in [2.75, 3.05) is 13.1 Å². The van der Waals surface area contributed by atoms with Gasteiger partial charge in [-0.1, -0.05) is 85.8 Å². The molecule has 0 spiro atoms. The lowest BCUT2D eigenvalue weighted by atomic mass is 9.78. The number of para-hydroxylation sites is 1. The van der Waals surface area contributed by atoms with Crippen LogP contribution in [-0.2, 0) is 10.3 Å². The van der Waals surface area contributed by atoms with Gasteiger partial charge in [0.25, 0.3) is 5.90 Å². The predicted molar refractivity (Wildman–Crippen MR) is 126 cm³/mol. The summed E-state index contributed by atoms with van der Waals surface area (Å²) in [7, 11) is 0. The molecule has 31 heavy (non-hydrogen) atoms. The monoisotopic (exact) mass is 411 g/mol. The van der Waals surface area contributed by atoms with Gasteiger partial charge < -0.3 is 9.64 Å². The maximum absolute atomic E-state index is 7.11. The van der Waals surface area contributed by atoms with E-state index in [0.29, 0.717) is 0 Å². The molecule has 3 aromatic rings. The zero-order valence-corrected chi connectivity index (χ0v) is 18.3. The third kappa shape index (κ3) is 3.57. The number of ether oxygens (including phenoxy) is 1. The van der Waals surface area contributed by atoms with E-state index in [-0.39, 0.29) is 6.04 Å². The summed E-state index contributed by atoms with van der Waals surface area (Å²) in [4.78, 5) is 6.72. The Bertz CT molecular complexity index is 999. The summed E-state index contributed by atoms with van der Waals surface area (Å²) >= 11 is 0. The van der Waals surface area contributed by atoms with E-state index in [1.165, 1.54) is 32.4 Å². The van der Waals surface area contributed by atoms with E-state index in [4.69, 9.17) is 9.73 Å².